The molecule has 0 aliphatic heterocycles. The second-order valence-corrected chi connectivity index (χ2v) is 4.00. The largest absolute Gasteiger partial charge is 0.383 e. The molecule has 0 aliphatic carbocycles. The van der Waals surface area contributed by atoms with Crippen LogP contribution in [0.15, 0.2) is 10.7 Å². The van der Waals surface area contributed by atoms with Gasteiger partial charge in [0.2, 0.25) is 0 Å². The van der Waals surface area contributed by atoms with Gasteiger partial charge in [0.25, 0.3) is 0 Å². The topological polar surface area (TPSA) is 77.8 Å². The molecule has 66 valence electrons. The van der Waals surface area contributed by atoms with E-state index in [1.165, 1.54) is 0 Å². The first kappa shape index (κ1) is 9.41. The Morgan fingerprint density at radius 3 is 2.50 bits per heavy atom. The van der Waals surface area contributed by atoms with Crippen molar-refractivity contribution in [2.24, 2.45) is 5.73 Å². The van der Waals surface area contributed by atoms with Gasteiger partial charge in [-0.15, -0.1) is 0 Å². The number of nitrogens with zero attached hydrogens (tertiary/aromatic N) is 2. The second-order valence-electron chi connectivity index (χ2n) is 3.15. The SMILES string of the molecule is CC(C)(N)c1ncc(Br)c(N)n1. The number of hydrogen-bond donors (Lipinski definition) is 2. The molecular formula is C7H11BrN4. The Labute approximate surface area is 79.5 Å². The Kier molecular flexibility index (Phi) is 2.34. The first-order chi connectivity index (χ1) is 5.41. The highest BCUT2D eigenvalue weighted by atomic mass is 79.9. The maximum Gasteiger partial charge on any atom is 0.149 e. The quantitative estimate of drug-likeness (QED) is 0.756. The molecule has 4 N–H and O–H groups in total. The third-order valence-electron chi connectivity index (χ3n) is 1.35. The lowest BCUT2D eigenvalue weighted by atomic mass is 10.1. The van der Waals surface area contributed by atoms with Gasteiger partial charge in [0.1, 0.15) is 11.6 Å². The molecule has 0 radical (unpaired) electrons. The second kappa shape index (κ2) is 2.99. The molecule has 0 aliphatic rings. The van der Waals surface area contributed by atoms with Crippen LogP contribution in [0.1, 0.15) is 19.7 Å². The summed E-state index contributed by atoms with van der Waals surface area (Å²) in [7, 11) is 0. The maximum atomic E-state index is 5.78. The van der Waals surface area contributed by atoms with Crippen LogP contribution in [0, 0.1) is 0 Å². The third-order valence-corrected chi connectivity index (χ3v) is 1.96. The van der Waals surface area contributed by atoms with Gasteiger partial charge in [0, 0.05) is 6.20 Å². The minimum Gasteiger partial charge on any atom is -0.383 e. The highest BCUT2D eigenvalue weighted by Gasteiger charge is 2.18. The molecule has 0 bridgehead atoms. The van der Waals surface area contributed by atoms with E-state index < -0.39 is 5.54 Å². The van der Waals surface area contributed by atoms with E-state index in [-0.39, 0.29) is 0 Å². The van der Waals surface area contributed by atoms with Gasteiger partial charge < -0.3 is 11.5 Å². The van der Waals surface area contributed by atoms with Crippen LogP contribution < -0.4 is 11.5 Å². The number of hydrogen-bond acceptors (Lipinski definition) is 4. The molecule has 0 spiro atoms. The summed E-state index contributed by atoms with van der Waals surface area (Å²) in [5, 5.41) is 0. The van der Waals surface area contributed by atoms with Crippen LogP contribution in [0.2, 0.25) is 0 Å². The van der Waals surface area contributed by atoms with Crippen LogP contribution >= 0.6 is 15.9 Å². The van der Waals surface area contributed by atoms with E-state index in [0.29, 0.717) is 16.1 Å². The average Bonchev–Trinajstić information content (AvgIpc) is 1.92. The van der Waals surface area contributed by atoms with E-state index in [1.807, 2.05) is 13.8 Å². The van der Waals surface area contributed by atoms with Crippen molar-refractivity contribution in [2.45, 2.75) is 19.4 Å². The standard InChI is InChI=1S/C7H11BrN4/c1-7(2,10)6-11-3-4(8)5(9)12-6/h3H,10H2,1-2H3,(H2,9,11,12). The molecule has 1 aromatic rings. The molecule has 4 nitrogen and oxygen atoms in total. The molecular weight excluding hydrogens is 220 g/mol. The van der Waals surface area contributed by atoms with E-state index in [4.69, 9.17) is 11.5 Å². The average molecular weight is 231 g/mol. The van der Waals surface area contributed by atoms with Crippen LogP contribution in [0.25, 0.3) is 0 Å². The number of nitrogen functional groups attached to an aromatic ring is 1. The molecule has 1 aromatic heterocycles. The van der Waals surface area contributed by atoms with E-state index >= 15 is 0 Å². The number of rotatable bonds is 1. The highest BCUT2D eigenvalue weighted by Crippen LogP contribution is 2.18. The number of aromatic nitrogens is 2. The molecule has 0 unspecified atom stereocenters. The van der Waals surface area contributed by atoms with Crippen molar-refractivity contribution in [3.63, 3.8) is 0 Å². The van der Waals surface area contributed by atoms with Crippen LogP contribution in [0.3, 0.4) is 0 Å². The zero-order valence-electron chi connectivity index (χ0n) is 7.00. The van der Waals surface area contributed by atoms with Crippen molar-refractivity contribution < 1.29 is 0 Å². The summed E-state index contributed by atoms with van der Waals surface area (Å²) in [6.45, 7) is 3.66. The molecule has 0 fully saturated rings. The van der Waals surface area contributed by atoms with E-state index in [1.54, 1.807) is 6.20 Å². The Bertz CT molecular complexity index is 292. The predicted octanol–water partition coefficient (Wildman–Crippen LogP) is 1.02. The summed E-state index contributed by atoms with van der Waals surface area (Å²) >= 11 is 3.21. The molecule has 0 amide bonds. The lowest BCUT2D eigenvalue weighted by Gasteiger charge is -2.16. The monoisotopic (exact) mass is 230 g/mol. The van der Waals surface area contributed by atoms with Gasteiger partial charge in [0.15, 0.2) is 0 Å². The Hall–Kier alpha value is -0.680. The smallest absolute Gasteiger partial charge is 0.149 e. The van der Waals surface area contributed by atoms with Crippen molar-refractivity contribution in [1.82, 2.24) is 9.97 Å². The fraction of sp³-hybridized carbons (Fsp3) is 0.429. The summed E-state index contributed by atoms with van der Waals surface area (Å²) in [5.74, 6) is 0.960. The zero-order chi connectivity index (χ0) is 9.35. The molecule has 0 saturated heterocycles. The van der Waals surface area contributed by atoms with Gasteiger partial charge >= 0.3 is 0 Å². The summed E-state index contributed by atoms with van der Waals surface area (Å²) in [4.78, 5) is 8.09. The number of nitrogens with two attached hydrogens (primary N) is 2. The number of anilines is 1. The van der Waals surface area contributed by atoms with Gasteiger partial charge in [-0.1, -0.05) is 0 Å². The first-order valence-electron chi connectivity index (χ1n) is 3.48. The van der Waals surface area contributed by atoms with Gasteiger partial charge in [-0.2, -0.15) is 0 Å². The lowest BCUT2D eigenvalue weighted by Crippen LogP contribution is -2.31. The first-order valence-corrected chi connectivity index (χ1v) is 4.28. The fourth-order valence-electron chi connectivity index (χ4n) is 0.691. The van der Waals surface area contributed by atoms with Gasteiger partial charge in [0.05, 0.1) is 10.0 Å². The zero-order valence-corrected chi connectivity index (χ0v) is 8.59. The van der Waals surface area contributed by atoms with Gasteiger partial charge in [-0.25, -0.2) is 9.97 Å². The molecule has 1 rings (SSSR count). The third kappa shape index (κ3) is 1.92. The minimum absolute atomic E-state index is 0.415. The van der Waals surface area contributed by atoms with Crippen molar-refractivity contribution in [2.75, 3.05) is 5.73 Å². The molecule has 5 heteroatoms. The van der Waals surface area contributed by atoms with E-state index in [9.17, 15) is 0 Å². The number of halogens is 1. The molecule has 12 heavy (non-hydrogen) atoms. The van der Waals surface area contributed by atoms with E-state index in [0.717, 1.165) is 0 Å². The Morgan fingerprint density at radius 1 is 1.50 bits per heavy atom. The highest BCUT2D eigenvalue weighted by molar-refractivity contribution is 9.10. The summed E-state index contributed by atoms with van der Waals surface area (Å²) in [5.41, 5.74) is 10.8. The minimum atomic E-state index is -0.547. The van der Waals surface area contributed by atoms with Gasteiger partial charge in [-0.3, -0.25) is 0 Å². The Balaban J connectivity index is 3.14. The summed E-state index contributed by atoms with van der Waals surface area (Å²) < 4.78 is 0.690. The molecule has 0 saturated carbocycles. The Morgan fingerprint density at radius 2 is 2.08 bits per heavy atom. The van der Waals surface area contributed by atoms with Crippen molar-refractivity contribution in [3.8, 4) is 0 Å². The summed E-state index contributed by atoms with van der Waals surface area (Å²) in [6.07, 6.45) is 1.60. The van der Waals surface area contributed by atoms with Crippen molar-refractivity contribution >= 4 is 21.7 Å². The van der Waals surface area contributed by atoms with Crippen molar-refractivity contribution in [3.05, 3.63) is 16.5 Å². The van der Waals surface area contributed by atoms with Crippen LogP contribution in [0.4, 0.5) is 5.82 Å². The molecule has 0 atom stereocenters. The summed E-state index contributed by atoms with van der Waals surface area (Å²) in [6, 6.07) is 0. The van der Waals surface area contributed by atoms with Gasteiger partial charge in [-0.05, 0) is 29.8 Å². The molecule has 1 heterocycles. The molecule has 0 aromatic carbocycles. The van der Waals surface area contributed by atoms with Crippen LogP contribution in [-0.2, 0) is 5.54 Å². The fourth-order valence-corrected chi connectivity index (χ4v) is 0.882. The lowest BCUT2D eigenvalue weighted by molar-refractivity contribution is 0.514. The van der Waals surface area contributed by atoms with Crippen LogP contribution in [-0.4, -0.2) is 9.97 Å². The van der Waals surface area contributed by atoms with Crippen LogP contribution in [0.5, 0.6) is 0 Å². The normalized spacial score (nSPS) is 11.7. The van der Waals surface area contributed by atoms with Crippen molar-refractivity contribution in [1.29, 1.82) is 0 Å². The maximum absolute atomic E-state index is 5.78. The van der Waals surface area contributed by atoms with E-state index in [2.05, 4.69) is 25.9 Å². The predicted molar refractivity (Wildman–Crippen MR) is 51.4 cm³/mol.